The highest BCUT2D eigenvalue weighted by Crippen LogP contribution is 2.30. The van der Waals surface area contributed by atoms with Crippen LogP contribution in [0.25, 0.3) is 0 Å². The van der Waals surface area contributed by atoms with Crippen LogP contribution in [-0.4, -0.2) is 32.1 Å². The molecule has 1 aliphatic rings. The Morgan fingerprint density at radius 2 is 1.96 bits per heavy atom. The predicted molar refractivity (Wildman–Crippen MR) is 91.5 cm³/mol. The maximum absolute atomic E-state index is 12.4. The number of rotatable bonds is 4. The molecular weight excluding hydrogens is 312 g/mol. The lowest BCUT2D eigenvalue weighted by atomic mass is 10.1. The zero-order valence-electron chi connectivity index (χ0n) is 12.9. The zero-order valence-corrected chi connectivity index (χ0v) is 13.7. The average molecular weight is 330 g/mol. The van der Waals surface area contributed by atoms with Crippen LogP contribution in [0.4, 0.5) is 11.4 Å². The van der Waals surface area contributed by atoms with E-state index in [0.29, 0.717) is 16.8 Å². The first-order valence-electron chi connectivity index (χ1n) is 7.50. The van der Waals surface area contributed by atoms with Crippen LogP contribution in [0, 0.1) is 0 Å². The summed E-state index contributed by atoms with van der Waals surface area (Å²) in [6.45, 7) is 1.91. The fourth-order valence-corrected chi connectivity index (χ4v) is 3.34. The average Bonchev–Trinajstić information content (AvgIpc) is 3.27. The van der Waals surface area contributed by atoms with E-state index in [-0.39, 0.29) is 5.91 Å². The lowest BCUT2D eigenvalue weighted by molar-refractivity contribution is 0.0600. The number of benzene rings is 1. The molecule has 1 aromatic heterocycles. The number of hydrogen-bond acceptors (Lipinski definition) is 5. The van der Waals surface area contributed by atoms with Gasteiger partial charge in [-0.2, -0.15) is 11.3 Å². The molecule has 0 saturated carbocycles. The Morgan fingerprint density at radius 1 is 1.17 bits per heavy atom. The summed E-state index contributed by atoms with van der Waals surface area (Å²) in [5, 5.41) is 6.59. The summed E-state index contributed by atoms with van der Waals surface area (Å²) in [7, 11) is 1.35. The van der Waals surface area contributed by atoms with Crippen LogP contribution < -0.4 is 10.2 Å². The van der Waals surface area contributed by atoms with Gasteiger partial charge >= 0.3 is 5.97 Å². The lowest BCUT2D eigenvalue weighted by Gasteiger charge is -2.22. The van der Waals surface area contributed by atoms with E-state index >= 15 is 0 Å². The maximum Gasteiger partial charge on any atom is 0.337 e. The summed E-state index contributed by atoms with van der Waals surface area (Å²) in [6, 6.07) is 7.07. The van der Waals surface area contributed by atoms with Crippen molar-refractivity contribution in [1.29, 1.82) is 0 Å². The van der Waals surface area contributed by atoms with E-state index in [9.17, 15) is 9.59 Å². The topological polar surface area (TPSA) is 58.6 Å². The highest BCUT2D eigenvalue weighted by Gasteiger charge is 2.19. The van der Waals surface area contributed by atoms with Gasteiger partial charge in [0.05, 0.1) is 29.6 Å². The van der Waals surface area contributed by atoms with Gasteiger partial charge in [-0.15, -0.1) is 0 Å². The third-order valence-electron chi connectivity index (χ3n) is 3.90. The molecule has 2 aromatic rings. The molecule has 23 heavy (non-hydrogen) atoms. The van der Waals surface area contributed by atoms with Gasteiger partial charge in [-0.1, -0.05) is 0 Å². The van der Waals surface area contributed by atoms with Gasteiger partial charge in [0.1, 0.15) is 0 Å². The van der Waals surface area contributed by atoms with E-state index in [0.717, 1.165) is 31.6 Å². The molecule has 1 fully saturated rings. The van der Waals surface area contributed by atoms with Crippen LogP contribution in [0.1, 0.15) is 33.6 Å². The monoisotopic (exact) mass is 330 g/mol. The Hall–Kier alpha value is -2.34. The van der Waals surface area contributed by atoms with Gasteiger partial charge in [0.25, 0.3) is 5.91 Å². The van der Waals surface area contributed by atoms with Crippen molar-refractivity contribution in [2.45, 2.75) is 12.8 Å². The van der Waals surface area contributed by atoms with Crippen molar-refractivity contribution in [2.75, 3.05) is 30.4 Å². The minimum atomic E-state index is -0.413. The van der Waals surface area contributed by atoms with Gasteiger partial charge in [0, 0.05) is 18.5 Å². The number of anilines is 2. The van der Waals surface area contributed by atoms with Crippen LogP contribution in [0.5, 0.6) is 0 Å². The molecule has 1 aromatic carbocycles. The first-order valence-corrected chi connectivity index (χ1v) is 8.44. The standard InChI is InChI=1S/C17H18N2O3S/c1-22-17(21)12-4-5-15(19-7-2-3-8-19)14(10-12)18-16(20)13-6-9-23-11-13/h4-6,9-11H,2-3,7-8H2,1H3,(H,18,20). The Kier molecular flexibility index (Phi) is 4.62. The molecule has 6 heteroatoms. The Bertz CT molecular complexity index is 707. The highest BCUT2D eigenvalue weighted by atomic mass is 32.1. The molecule has 1 N–H and O–H groups in total. The van der Waals surface area contributed by atoms with E-state index in [4.69, 9.17) is 4.74 Å². The van der Waals surface area contributed by atoms with Crippen LogP contribution in [0.3, 0.4) is 0 Å². The Balaban J connectivity index is 1.93. The Labute approximate surface area is 138 Å². The minimum Gasteiger partial charge on any atom is -0.465 e. The third-order valence-corrected chi connectivity index (χ3v) is 4.58. The number of methoxy groups -OCH3 is 1. The summed E-state index contributed by atoms with van der Waals surface area (Å²) < 4.78 is 4.77. The molecule has 3 rings (SSSR count). The van der Waals surface area contributed by atoms with Gasteiger partial charge in [-0.25, -0.2) is 4.79 Å². The summed E-state index contributed by atoms with van der Waals surface area (Å²) >= 11 is 1.47. The minimum absolute atomic E-state index is 0.172. The molecule has 120 valence electrons. The molecule has 0 aliphatic carbocycles. The van der Waals surface area contributed by atoms with Crippen molar-refractivity contribution in [3.05, 3.63) is 46.2 Å². The van der Waals surface area contributed by atoms with Crippen LogP contribution in [0.2, 0.25) is 0 Å². The van der Waals surface area contributed by atoms with Crippen molar-refractivity contribution in [3.8, 4) is 0 Å². The second-order valence-electron chi connectivity index (χ2n) is 5.38. The number of ether oxygens (including phenoxy) is 1. The van der Waals surface area contributed by atoms with Gasteiger partial charge in [-0.05, 0) is 42.5 Å². The molecular formula is C17H18N2O3S. The van der Waals surface area contributed by atoms with Crippen molar-refractivity contribution in [2.24, 2.45) is 0 Å². The molecule has 5 nitrogen and oxygen atoms in total. The SMILES string of the molecule is COC(=O)c1ccc(N2CCCC2)c(NC(=O)c2ccsc2)c1. The van der Waals surface area contributed by atoms with Crippen LogP contribution >= 0.6 is 11.3 Å². The molecule has 2 heterocycles. The lowest BCUT2D eigenvalue weighted by Crippen LogP contribution is -2.21. The number of carbonyl (C=O) groups excluding carboxylic acids is 2. The predicted octanol–water partition coefficient (Wildman–Crippen LogP) is 3.39. The van der Waals surface area contributed by atoms with Gasteiger partial charge < -0.3 is 15.0 Å². The molecule has 0 spiro atoms. The van der Waals surface area contributed by atoms with E-state index in [2.05, 4.69) is 10.2 Å². The molecule has 1 aliphatic heterocycles. The molecule has 1 saturated heterocycles. The van der Waals surface area contributed by atoms with Gasteiger partial charge in [-0.3, -0.25) is 4.79 Å². The van der Waals surface area contributed by atoms with E-state index < -0.39 is 5.97 Å². The first kappa shape index (κ1) is 15.6. The number of hydrogen-bond donors (Lipinski definition) is 1. The number of esters is 1. The Morgan fingerprint density at radius 3 is 2.61 bits per heavy atom. The van der Waals surface area contributed by atoms with E-state index in [1.54, 1.807) is 23.6 Å². The molecule has 0 atom stereocenters. The summed E-state index contributed by atoms with van der Waals surface area (Å²) in [5.74, 6) is -0.585. The largest absolute Gasteiger partial charge is 0.465 e. The molecule has 0 bridgehead atoms. The fourth-order valence-electron chi connectivity index (χ4n) is 2.70. The summed E-state index contributed by atoms with van der Waals surface area (Å²) in [6.07, 6.45) is 2.27. The number of nitrogens with zero attached hydrogens (tertiary/aromatic N) is 1. The van der Waals surface area contributed by atoms with Gasteiger partial charge in [0.15, 0.2) is 0 Å². The molecule has 0 radical (unpaired) electrons. The molecule has 1 amide bonds. The number of thiophene rings is 1. The third kappa shape index (κ3) is 3.37. The maximum atomic E-state index is 12.4. The van der Waals surface area contributed by atoms with Crippen molar-refractivity contribution in [3.63, 3.8) is 0 Å². The second kappa shape index (κ2) is 6.83. The number of carbonyl (C=O) groups is 2. The smallest absolute Gasteiger partial charge is 0.337 e. The van der Waals surface area contributed by atoms with Crippen molar-refractivity contribution >= 4 is 34.6 Å². The summed E-state index contributed by atoms with van der Waals surface area (Å²) in [4.78, 5) is 26.3. The van der Waals surface area contributed by atoms with Crippen molar-refractivity contribution < 1.29 is 14.3 Å². The summed E-state index contributed by atoms with van der Waals surface area (Å²) in [5.41, 5.74) is 2.63. The van der Waals surface area contributed by atoms with Crippen LogP contribution in [-0.2, 0) is 4.74 Å². The fraction of sp³-hybridized carbons (Fsp3) is 0.294. The van der Waals surface area contributed by atoms with E-state index in [1.807, 2.05) is 11.4 Å². The second-order valence-corrected chi connectivity index (χ2v) is 6.16. The quantitative estimate of drug-likeness (QED) is 0.873. The van der Waals surface area contributed by atoms with E-state index in [1.165, 1.54) is 18.4 Å². The number of amides is 1. The highest BCUT2D eigenvalue weighted by molar-refractivity contribution is 7.08. The normalized spacial score (nSPS) is 13.9. The number of nitrogens with one attached hydrogen (secondary N) is 1. The molecule has 0 unspecified atom stereocenters. The van der Waals surface area contributed by atoms with Crippen LogP contribution in [0.15, 0.2) is 35.0 Å². The zero-order chi connectivity index (χ0) is 16.2. The first-order chi connectivity index (χ1) is 11.2. The van der Waals surface area contributed by atoms with Gasteiger partial charge in [0.2, 0.25) is 0 Å². The van der Waals surface area contributed by atoms with Crippen molar-refractivity contribution in [1.82, 2.24) is 0 Å².